The number of ketones is 1. The lowest BCUT2D eigenvalue weighted by Gasteiger charge is -2.36. The van der Waals surface area contributed by atoms with Gasteiger partial charge < -0.3 is 15.0 Å². The van der Waals surface area contributed by atoms with Crippen LogP contribution >= 0.6 is 0 Å². The molecule has 1 saturated heterocycles. The van der Waals surface area contributed by atoms with E-state index in [1.54, 1.807) is 0 Å². The second kappa shape index (κ2) is 6.29. The summed E-state index contributed by atoms with van der Waals surface area (Å²) < 4.78 is 6.08. The van der Waals surface area contributed by atoms with Crippen molar-refractivity contribution in [3.8, 4) is 5.75 Å². The summed E-state index contributed by atoms with van der Waals surface area (Å²) in [6.07, 6.45) is 2.28. The molecule has 4 nitrogen and oxygen atoms in total. The largest absolute Gasteiger partial charge is 0.486 e. The van der Waals surface area contributed by atoms with Gasteiger partial charge in [0.1, 0.15) is 11.9 Å². The highest BCUT2D eigenvalue weighted by Crippen LogP contribution is 2.35. The van der Waals surface area contributed by atoms with E-state index in [-0.39, 0.29) is 17.8 Å². The molecule has 2 aliphatic heterocycles. The van der Waals surface area contributed by atoms with Gasteiger partial charge in [0.05, 0.1) is 12.2 Å². The first-order valence-electron chi connectivity index (χ1n) is 8.33. The molecule has 2 unspecified atom stereocenters. The summed E-state index contributed by atoms with van der Waals surface area (Å²) in [4.78, 5) is 14.9. The minimum Gasteiger partial charge on any atom is -0.486 e. The molecule has 1 aromatic carbocycles. The fourth-order valence-electron chi connectivity index (χ4n) is 3.30. The zero-order valence-corrected chi connectivity index (χ0v) is 13.8. The number of anilines is 1. The average molecular weight is 302 g/mol. The lowest BCUT2D eigenvalue weighted by Crippen LogP contribution is -2.41. The van der Waals surface area contributed by atoms with Crippen LogP contribution in [0.3, 0.4) is 0 Å². The molecule has 0 spiro atoms. The SMILES string of the molecule is CC(C)C1CN(C)c2cc(C(=O)C3CCCNC3)ccc2O1. The predicted molar refractivity (Wildman–Crippen MR) is 88.9 cm³/mol. The lowest BCUT2D eigenvalue weighted by molar-refractivity contribution is 0.0899. The van der Waals surface area contributed by atoms with Crippen molar-refractivity contribution in [3.05, 3.63) is 23.8 Å². The molecule has 0 amide bonds. The quantitative estimate of drug-likeness (QED) is 0.872. The van der Waals surface area contributed by atoms with Gasteiger partial charge in [0.2, 0.25) is 0 Å². The van der Waals surface area contributed by atoms with E-state index in [1.807, 2.05) is 18.2 Å². The molecular weight excluding hydrogens is 276 g/mol. The third kappa shape index (κ3) is 2.98. The maximum atomic E-state index is 12.7. The minimum absolute atomic E-state index is 0.116. The summed E-state index contributed by atoms with van der Waals surface area (Å²) in [6.45, 7) is 7.06. The maximum absolute atomic E-state index is 12.7. The van der Waals surface area contributed by atoms with Crippen LogP contribution in [0.15, 0.2) is 18.2 Å². The Balaban J connectivity index is 1.82. The summed E-state index contributed by atoms with van der Waals surface area (Å²) in [5.41, 5.74) is 1.84. The zero-order valence-electron chi connectivity index (χ0n) is 13.8. The molecule has 0 bridgehead atoms. The lowest BCUT2D eigenvalue weighted by atomic mass is 9.90. The van der Waals surface area contributed by atoms with Gasteiger partial charge in [-0.2, -0.15) is 0 Å². The van der Waals surface area contributed by atoms with Gasteiger partial charge in [-0.05, 0) is 43.5 Å². The number of carbonyl (C=O) groups is 1. The molecule has 1 N–H and O–H groups in total. The van der Waals surface area contributed by atoms with Crippen molar-refractivity contribution in [1.82, 2.24) is 5.32 Å². The first-order valence-corrected chi connectivity index (χ1v) is 8.33. The number of benzene rings is 1. The van der Waals surface area contributed by atoms with Crippen LogP contribution < -0.4 is 15.0 Å². The first kappa shape index (κ1) is 15.3. The molecule has 120 valence electrons. The summed E-state index contributed by atoms with van der Waals surface area (Å²) in [7, 11) is 2.08. The van der Waals surface area contributed by atoms with Crippen molar-refractivity contribution in [2.24, 2.45) is 11.8 Å². The van der Waals surface area contributed by atoms with Crippen LogP contribution in [0.4, 0.5) is 5.69 Å². The number of ether oxygens (including phenoxy) is 1. The van der Waals surface area contributed by atoms with Crippen molar-refractivity contribution in [2.75, 3.05) is 31.6 Å². The summed E-state index contributed by atoms with van der Waals surface area (Å²) >= 11 is 0. The van der Waals surface area contributed by atoms with Gasteiger partial charge in [-0.1, -0.05) is 13.8 Å². The molecular formula is C18H26N2O2. The summed E-state index contributed by atoms with van der Waals surface area (Å²) in [6, 6.07) is 5.89. The van der Waals surface area contributed by atoms with Crippen LogP contribution in [0, 0.1) is 11.8 Å². The molecule has 2 heterocycles. The van der Waals surface area contributed by atoms with Crippen LogP contribution in [-0.4, -0.2) is 38.6 Å². The second-order valence-corrected chi connectivity index (χ2v) is 6.87. The van der Waals surface area contributed by atoms with E-state index < -0.39 is 0 Å². The van der Waals surface area contributed by atoms with E-state index >= 15 is 0 Å². The first-order chi connectivity index (χ1) is 10.6. The number of piperidine rings is 1. The third-order valence-electron chi connectivity index (χ3n) is 4.80. The van der Waals surface area contributed by atoms with Gasteiger partial charge in [0, 0.05) is 25.1 Å². The van der Waals surface area contributed by atoms with Crippen molar-refractivity contribution < 1.29 is 9.53 Å². The standard InChI is InChI=1S/C18H26N2O2/c1-12(2)17-11-20(3)15-9-13(6-7-16(15)22-17)18(21)14-5-4-8-19-10-14/h6-7,9,12,14,17,19H,4-5,8,10-11H2,1-3H3. The van der Waals surface area contributed by atoms with Crippen molar-refractivity contribution in [2.45, 2.75) is 32.8 Å². The maximum Gasteiger partial charge on any atom is 0.167 e. The number of hydrogen-bond acceptors (Lipinski definition) is 4. The molecule has 1 fully saturated rings. The normalized spacial score (nSPS) is 24.8. The predicted octanol–water partition coefficient (Wildman–Crippen LogP) is 2.72. The molecule has 2 aliphatic rings. The fourth-order valence-corrected chi connectivity index (χ4v) is 3.30. The van der Waals surface area contributed by atoms with E-state index in [0.717, 1.165) is 49.5 Å². The summed E-state index contributed by atoms with van der Waals surface area (Å²) in [5, 5.41) is 3.32. The summed E-state index contributed by atoms with van der Waals surface area (Å²) in [5.74, 6) is 1.75. The molecule has 0 aliphatic carbocycles. The Morgan fingerprint density at radius 1 is 1.41 bits per heavy atom. The number of Topliss-reactive ketones (excluding diaryl/α,β-unsaturated/α-hetero) is 1. The van der Waals surface area contributed by atoms with Crippen LogP contribution in [-0.2, 0) is 0 Å². The van der Waals surface area contributed by atoms with Gasteiger partial charge in [0.25, 0.3) is 0 Å². The van der Waals surface area contributed by atoms with Crippen molar-refractivity contribution in [3.63, 3.8) is 0 Å². The Bertz CT molecular complexity index is 550. The Hall–Kier alpha value is -1.55. The monoisotopic (exact) mass is 302 g/mol. The minimum atomic E-state index is 0.116. The zero-order chi connectivity index (χ0) is 15.7. The van der Waals surface area contributed by atoms with E-state index in [1.165, 1.54) is 0 Å². The molecule has 1 aromatic rings. The molecule has 0 aromatic heterocycles. The molecule has 0 radical (unpaired) electrons. The van der Waals surface area contributed by atoms with Crippen LogP contribution in [0.25, 0.3) is 0 Å². The number of rotatable bonds is 3. The van der Waals surface area contributed by atoms with Crippen molar-refractivity contribution >= 4 is 11.5 Å². The Morgan fingerprint density at radius 2 is 2.23 bits per heavy atom. The van der Waals surface area contributed by atoms with E-state index in [0.29, 0.717) is 5.92 Å². The topological polar surface area (TPSA) is 41.6 Å². The Labute approximate surface area is 132 Å². The highest BCUT2D eigenvalue weighted by Gasteiger charge is 2.28. The van der Waals surface area contributed by atoms with E-state index in [4.69, 9.17) is 4.74 Å². The van der Waals surface area contributed by atoms with Gasteiger partial charge in [0.15, 0.2) is 5.78 Å². The number of likely N-dealkylation sites (N-methyl/N-ethyl adjacent to an activating group) is 1. The number of hydrogen-bond donors (Lipinski definition) is 1. The highest BCUT2D eigenvalue weighted by atomic mass is 16.5. The Kier molecular flexibility index (Phi) is 4.39. The van der Waals surface area contributed by atoms with Gasteiger partial charge in [-0.3, -0.25) is 4.79 Å². The highest BCUT2D eigenvalue weighted by molar-refractivity contribution is 5.99. The van der Waals surface area contributed by atoms with Crippen LogP contribution in [0.1, 0.15) is 37.0 Å². The second-order valence-electron chi connectivity index (χ2n) is 6.87. The van der Waals surface area contributed by atoms with Gasteiger partial charge in [-0.15, -0.1) is 0 Å². The van der Waals surface area contributed by atoms with Gasteiger partial charge in [-0.25, -0.2) is 0 Å². The van der Waals surface area contributed by atoms with Crippen LogP contribution in [0.5, 0.6) is 5.75 Å². The number of nitrogens with zero attached hydrogens (tertiary/aromatic N) is 1. The molecule has 22 heavy (non-hydrogen) atoms. The van der Waals surface area contributed by atoms with Crippen molar-refractivity contribution in [1.29, 1.82) is 0 Å². The molecule has 4 heteroatoms. The van der Waals surface area contributed by atoms with E-state index in [2.05, 4.69) is 31.1 Å². The Morgan fingerprint density at radius 3 is 2.91 bits per heavy atom. The number of nitrogens with one attached hydrogen (secondary N) is 1. The molecule has 3 rings (SSSR count). The number of fused-ring (bicyclic) bond motifs is 1. The molecule has 0 saturated carbocycles. The fraction of sp³-hybridized carbons (Fsp3) is 0.611. The average Bonchev–Trinajstić information content (AvgIpc) is 2.54. The van der Waals surface area contributed by atoms with Crippen LogP contribution in [0.2, 0.25) is 0 Å². The number of carbonyl (C=O) groups excluding carboxylic acids is 1. The molecule has 2 atom stereocenters. The van der Waals surface area contributed by atoms with Gasteiger partial charge >= 0.3 is 0 Å². The third-order valence-corrected chi connectivity index (χ3v) is 4.80. The smallest absolute Gasteiger partial charge is 0.167 e. The van der Waals surface area contributed by atoms with E-state index in [9.17, 15) is 4.79 Å².